The third-order valence-electron chi connectivity index (χ3n) is 3.52. The zero-order valence-corrected chi connectivity index (χ0v) is 14.1. The summed E-state index contributed by atoms with van der Waals surface area (Å²) < 4.78 is 15.1. The third-order valence-corrected chi connectivity index (χ3v) is 3.52. The Morgan fingerprint density at radius 3 is 2.12 bits per heavy atom. The van der Waals surface area contributed by atoms with Crippen molar-refractivity contribution in [1.82, 2.24) is 0 Å². The molecule has 0 spiro atoms. The maximum Gasteiger partial charge on any atom is 0.296 e. The van der Waals surface area contributed by atoms with Gasteiger partial charge in [0.15, 0.2) is 5.69 Å². The molecular weight excluding hydrogens is 338 g/mol. The molecule has 0 bridgehead atoms. The van der Waals surface area contributed by atoms with Crippen molar-refractivity contribution in [1.29, 1.82) is 0 Å². The molecule has 0 radical (unpaired) electrons. The molecule has 2 fully saturated rings. The van der Waals surface area contributed by atoms with Gasteiger partial charge in [-0.05, 0) is 18.2 Å². The fraction of sp³-hybridized carbons (Fsp3) is 0.333. The van der Waals surface area contributed by atoms with E-state index in [1.54, 1.807) is 30.3 Å². The van der Waals surface area contributed by atoms with Crippen LogP contribution < -0.4 is 0 Å². The van der Waals surface area contributed by atoms with Crippen molar-refractivity contribution in [2.24, 2.45) is 10.2 Å². The lowest BCUT2D eigenvalue weighted by Crippen LogP contribution is -2.06. The average Bonchev–Trinajstić information content (AvgIpc) is 3.57. The minimum atomic E-state index is -0.473. The van der Waals surface area contributed by atoms with E-state index >= 15 is 0 Å². The molecule has 2 aliphatic rings. The molecule has 2 aliphatic heterocycles. The van der Waals surface area contributed by atoms with Gasteiger partial charge in [-0.1, -0.05) is 30.3 Å². The smallest absolute Gasteiger partial charge is 0.296 e. The van der Waals surface area contributed by atoms with Crippen LogP contribution >= 0.6 is 0 Å². The molecule has 0 aromatic heterocycles. The topological polar surface area (TPSA) is 102 Å². The number of para-hydroxylation sites is 1. The van der Waals surface area contributed by atoms with Crippen LogP contribution in [0.25, 0.3) is 0 Å². The highest BCUT2D eigenvalue weighted by molar-refractivity contribution is 5.56. The van der Waals surface area contributed by atoms with Crippen LogP contribution in [0.3, 0.4) is 0 Å². The Labute approximate surface area is 150 Å². The molecule has 0 N–H and O–H groups in total. The molecule has 8 nitrogen and oxygen atoms in total. The van der Waals surface area contributed by atoms with E-state index < -0.39 is 4.92 Å². The second-order valence-corrected chi connectivity index (χ2v) is 5.73. The van der Waals surface area contributed by atoms with Crippen molar-refractivity contribution < 1.29 is 19.1 Å². The SMILES string of the molecule is C(OCC1CO1)C1CO1.O=[N+]([O-])c1ccccc1N=Nc1ccccc1. The first-order valence-corrected chi connectivity index (χ1v) is 8.23. The third kappa shape index (κ3) is 6.32. The summed E-state index contributed by atoms with van der Waals surface area (Å²) in [6.45, 7) is 3.26. The van der Waals surface area contributed by atoms with Gasteiger partial charge in [0.25, 0.3) is 5.69 Å². The van der Waals surface area contributed by atoms with E-state index in [0.717, 1.165) is 26.4 Å². The Balaban J connectivity index is 0.000000181. The first-order chi connectivity index (χ1) is 12.7. The van der Waals surface area contributed by atoms with E-state index in [4.69, 9.17) is 14.2 Å². The largest absolute Gasteiger partial charge is 0.376 e. The lowest BCUT2D eigenvalue weighted by atomic mass is 10.3. The molecule has 2 unspecified atom stereocenters. The summed E-state index contributed by atoms with van der Waals surface area (Å²) in [5, 5.41) is 18.6. The second kappa shape index (κ2) is 9.14. The van der Waals surface area contributed by atoms with Crippen molar-refractivity contribution >= 4 is 17.1 Å². The number of nitro benzene ring substituents is 1. The average molecular weight is 357 g/mol. The van der Waals surface area contributed by atoms with Crippen LogP contribution in [0.15, 0.2) is 64.8 Å². The minimum Gasteiger partial charge on any atom is -0.376 e. The van der Waals surface area contributed by atoms with Gasteiger partial charge in [0.2, 0.25) is 0 Å². The lowest BCUT2D eigenvalue weighted by Gasteiger charge is -1.95. The van der Waals surface area contributed by atoms with Crippen LogP contribution in [-0.2, 0) is 14.2 Å². The molecule has 2 atom stereocenters. The zero-order chi connectivity index (χ0) is 18.2. The summed E-state index contributed by atoms with van der Waals surface area (Å²) >= 11 is 0. The quantitative estimate of drug-likeness (QED) is 0.324. The lowest BCUT2D eigenvalue weighted by molar-refractivity contribution is -0.384. The molecule has 0 aliphatic carbocycles. The predicted molar refractivity (Wildman–Crippen MR) is 94.0 cm³/mol. The summed E-state index contributed by atoms with van der Waals surface area (Å²) in [6, 6.07) is 15.3. The molecule has 4 rings (SSSR count). The van der Waals surface area contributed by atoms with Crippen molar-refractivity contribution in [2.75, 3.05) is 26.4 Å². The van der Waals surface area contributed by atoms with E-state index in [1.165, 1.54) is 6.07 Å². The van der Waals surface area contributed by atoms with Crippen molar-refractivity contribution in [3.8, 4) is 0 Å². The molecule has 2 aromatic rings. The van der Waals surface area contributed by atoms with E-state index in [9.17, 15) is 10.1 Å². The van der Waals surface area contributed by atoms with Crippen LogP contribution in [-0.4, -0.2) is 43.6 Å². The Hall–Kier alpha value is -2.68. The molecule has 2 aromatic carbocycles. The highest BCUT2D eigenvalue weighted by atomic mass is 16.6. The highest BCUT2D eigenvalue weighted by Crippen LogP contribution is 2.28. The van der Waals surface area contributed by atoms with Crippen molar-refractivity contribution in [3.63, 3.8) is 0 Å². The fourth-order valence-corrected chi connectivity index (χ4v) is 1.97. The van der Waals surface area contributed by atoms with Crippen LogP contribution in [0.2, 0.25) is 0 Å². The number of nitro groups is 1. The molecule has 136 valence electrons. The first-order valence-electron chi connectivity index (χ1n) is 8.23. The number of rotatable bonds is 7. The van der Waals surface area contributed by atoms with Gasteiger partial charge in [-0.3, -0.25) is 10.1 Å². The molecular formula is C18H19N3O5. The Kier molecular flexibility index (Phi) is 6.37. The van der Waals surface area contributed by atoms with E-state index in [2.05, 4.69) is 10.2 Å². The number of nitrogens with zero attached hydrogens (tertiary/aromatic N) is 3. The van der Waals surface area contributed by atoms with Gasteiger partial charge in [-0.25, -0.2) is 0 Å². The Morgan fingerprint density at radius 1 is 0.962 bits per heavy atom. The van der Waals surface area contributed by atoms with Gasteiger partial charge in [0.1, 0.15) is 12.2 Å². The maximum absolute atomic E-state index is 10.7. The first kappa shape index (κ1) is 18.1. The molecule has 2 saturated heterocycles. The van der Waals surface area contributed by atoms with Gasteiger partial charge >= 0.3 is 0 Å². The summed E-state index contributed by atoms with van der Waals surface area (Å²) in [4.78, 5) is 10.3. The fourth-order valence-electron chi connectivity index (χ4n) is 1.97. The summed E-state index contributed by atoms with van der Waals surface area (Å²) in [5.41, 5.74) is 0.860. The minimum absolute atomic E-state index is 0.0489. The maximum atomic E-state index is 10.7. The number of azo groups is 1. The number of ether oxygens (including phenoxy) is 3. The monoisotopic (exact) mass is 357 g/mol. The summed E-state index contributed by atoms with van der Waals surface area (Å²) in [7, 11) is 0. The van der Waals surface area contributed by atoms with Gasteiger partial charge in [0.05, 0.1) is 37.0 Å². The van der Waals surface area contributed by atoms with Crippen molar-refractivity contribution in [2.45, 2.75) is 12.2 Å². The van der Waals surface area contributed by atoms with Gasteiger partial charge < -0.3 is 14.2 Å². The van der Waals surface area contributed by atoms with Crippen LogP contribution in [0.1, 0.15) is 0 Å². The number of epoxide rings is 2. The normalized spacial score (nSPS) is 20.3. The Bertz CT molecular complexity index is 734. The van der Waals surface area contributed by atoms with Crippen LogP contribution in [0.5, 0.6) is 0 Å². The van der Waals surface area contributed by atoms with Crippen LogP contribution in [0.4, 0.5) is 17.1 Å². The summed E-state index contributed by atoms with van der Waals surface area (Å²) in [5.74, 6) is 0. The number of hydrogen-bond acceptors (Lipinski definition) is 7. The van der Waals surface area contributed by atoms with Gasteiger partial charge in [-0.15, -0.1) is 5.11 Å². The second-order valence-electron chi connectivity index (χ2n) is 5.73. The predicted octanol–water partition coefficient (Wildman–Crippen LogP) is 3.81. The van der Waals surface area contributed by atoms with Gasteiger partial charge in [-0.2, -0.15) is 5.11 Å². The van der Waals surface area contributed by atoms with Crippen molar-refractivity contribution in [3.05, 3.63) is 64.7 Å². The van der Waals surface area contributed by atoms with E-state index in [1.807, 2.05) is 18.2 Å². The number of benzene rings is 2. The summed E-state index contributed by atoms with van der Waals surface area (Å²) in [6.07, 6.45) is 0.785. The molecule has 0 amide bonds. The van der Waals surface area contributed by atoms with E-state index in [-0.39, 0.29) is 11.4 Å². The molecule has 0 saturated carbocycles. The van der Waals surface area contributed by atoms with Gasteiger partial charge in [0, 0.05) is 6.07 Å². The van der Waals surface area contributed by atoms with Crippen LogP contribution in [0, 0.1) is 10.1 Å². The molecule has 26 heavy (non-hydrogen) atoms. The molecule has 8 heteroatoms. The Morgan fingerprint density at radius 2 is 1.54 bits per heavy atom. The van der Waals surface area contributed by atoms with E-state index in [0.29, 0.717) is 17.9 Å². The molecule has 2 heterocycles. The zero-order valence-electron chi connectivity index (χ0n) is 14.1. The highest BCUT2D eigenvalue weighted by Gasteiger charge is 2.26. The number of hydrogen-bond donors (Lipinski definition) is 0. The standard InChI is InChI=1S/C12H9N3O2.C6H10O3/c16-15(17)12-9-5-4-8-11(12)14-13-10-6-2-1-3-7-10;1(5-3-8-5)7-2-6-4-9-6/h1-9H;5-6H,1-4H2.